The molecule has 0 radical (unpaired) electrons. The summed E-state index contributed by atoms with van der Waals surface area (Å²) in [5.41, 5.74) is 0. The average molecular weight is 347 g/mol. The van der Waals surface area contributed by atoms with E-state index in [1.54, 1.807) is 0 Å². The van der Waals surface area contributed by atoms with Gasteiger partial charge in [-0.15, -0.1) is 11.6 Å². The second kappa shape index (κ2) is 7.11. The maximum absolute atomic E-state index is 12.3. The van der Waals surface area contributed by atoms with Gasteiger partial charge in [0, 0.05) is 30.7 Å². The van der Waals surface area contributed by atoms with Crippen molar-refractivity contribution in [3.8, 4) is 0 Å². The molecule has 8 heteroatoms. The highest BCUT2D eigenvalue weighted by Gasteiger charge is 2.23. The molecule has 0 aliphatic carbocycles. The molecule has 0 N–H and O–H groups in total. The highest BCUT2D eigenvalue weighted by atomic mass is 35.5. The van der Waals surface area contributed by atoms with Gasteiger partial charge in [-0.25, -0.2) is 8.42 Å². The molecule has 0 aliphatic heterocycles. The van der Waals surface area contributed by atoms with Crippen LogP contribution in [0.5, 0.6) is 0 Å². The van der Waals surface area contributed by atoms with Gasteiger partial charge in [-0.3, -0.25) is 0 Å². The summed E-state index contributed by atoms with van der Waals surface area (Å²) in [4.78, 5) is 0.0359. The molecule has 0 amide bonds. The van der Waals surface area contributed by atoms with Gasteiger partial charge in [0.25, 0.3) is 0 Å². The molecule has 0 aromatic heterocycles. The summed E-state index contributed by atoms with van der Waals surface area (Å²) in [6.07, 6.45) is 0. The lowest BCUT2D eigenvalue weighted by molar-refractivity contribution is 0.192. The van der Waals surface area contributed by atoms with E-state index < -0.39 is 15.4 Å². The lowest BCUT2D eigenvalue weighted by Gasteiger charge is -2.20. The Morgan fingerprint density at radius 1 is 1.26 bits per heavy atom. The van der Waals surface area contributed by atoms with Crippen molar-refractivity contribution < 1.29 is 13.2 Å². The highest BCUT2D eigenvalue weighted by molar-refractivity contribution is 7.89. The zero-order valence-electron chi connectivity index (χ0n) is 10.4. The third kappa shape index (κ3) is 4.77. The standard InChI is InChI=1S/C11H14Cl3NO3S/c1-15(6-10(14)7-18-2)19(16,17)11-4-8(12)3-9(13)5-11/h3-5,10H,6-7H2,1-2H3. The van der Waals surface area contributed by atoms with Crippen molar-refractivity contribution in [3.05, 3.63) is 28.2 Å². The second-order valence-electron chi connectivity index (χ2n) is 3.94. The molecular weight excluding hydrogens is 333 g/mol. The Bertz CT molecular complexity index is 516. The van der Waals surface area contributed by atoms with Gasteiger partial charge in [0.05, 0.1) is 16.9 Å². The number of methoxy groups -OCH3 is 1. The number of halogens is 3. The van der Waals surface area contributed by atoms with Gasteiger partial charge in [-0.05, 0) is 18.2 Å². The van der Waals surface area contributed by atoms with Crippen LogP contribution >= 0.6 is 34.8 Å². The smallest absolute Gasteiger partial charge is 0.242 e. The largest absolute Gasteiger partial charge is 0.383 e. The molecule has 1 aromatic carbocycles. The number of ether oxygens (including phenoxy) is 1. The van der Waals surface area contributed by atoms with Crippen molar-refractivity contribution in [2.24, 2.45) is 0 Å². The summed E-state index contributed by atoms with van der Waals surface area (Å²) in [6.45, 7) is 0.388. The van der Waals surface area contributed by atoms with Crippen LogP contribution in [-0.2, 0) is 14.8 Å². The number of hydrogen-bond acceptors (Lipinski definition) is 3. The van der Waals surface area contributed by atoms with Gasteiger partial charge in [0.1, 0.15) is 0 Å². The number of sulfonamides is 1. The molecule has 108 valence electrons. The van der Waals surface area contributed by atoms with E-state index in [-0.39, 0.29) is 28.1 Å². The number of nitrogens with zero attached hydrogens (tertiary/aromatic N) is 1. The van der Waals surface area contributed by atoms with E-state index in [1.807, 2.05) is 0 Å². The molecule has 1 atom stereocenters. The minimum atomic E-state index is -3.67. The molecule has 0 spiro atoms. The maximum Gasteiger partial charge on any atom is 0.242 e. The van der Waals surface area contributed by atoms with Crippen LogP contribution in [0.2, 0.25) is 10.0 Å². The molecular formula is C11H14Cl3NO3S. The van der Waals surface area contributed by atoms with Gasteiger partial charge >= 0.3 is 0 Å². The fraction of sp³-hybridized carbons (Fsp3) is 0.455. The predicted molar refractivity (Wildman–Crippen MR) is 77.8 cm³/mol. The third-order valence-electron chi connectivity index (χ3n) is 2.35. The van der Waals surface area contributed by atoms with Crippen LogP contribution in [0.25, 0.3) is 0 Å². The Morgan fingerprint density at radius 2 is 1.79 bits per heavy atom. The second-order valence-corrected chi connectivity index (χ2v) is 7.48. The van der Waals surface area contributed by atoms with Gasteiger partial charge < -0.3 is 4.74 Å². The summed E-state index contributed by atoms with van der Waals surface area (Å²) < 4.78 is 30.6. The van der Waals surface area contributed by atoms with Crippen molar-refractivity contribution in [1.29, 1.82) is 0 Å². The topological polar surface area (TPSA) is 46.6 Å². The Kier molecular flexibility index (Phi) is 6.36. The molecule has 1 rings (SSSR count). The molecule has 19 heavy (non-hydrogen) atoms. The first kappa shape index (κ1) is 17.0. The van der Waals surface area contributed by atoms with Gasteiger partial charge in [0.2, 0.25) is 10.0 Å². The van der Waals surface area contributed by atoms with Crippen molar-refractivity contribution in [2.45, 2.75) is 10.3 Å². The SMILES string of the molecule is COCC(Cl)CN(C)S(=O)(=O)c1cc(Cl)cc(Cl)c1. The molecule has 1 aromatic rings. The molecule has 0 fully saturated rings. The summed E-state index contributed by atoms with van der Waals surface area (Å²) in [7, 11) is -0.733. The number of alkyl halides is 1. The van der Waals surface area contributed by atoms with E-state index in [9.17, 15) is 8.42 Å². The fourth-order valence-electron chi connectivity index (χ4n) is 1.47. The maximum atomic E-state index is 12.3. The number of rotatable bonds is 6. The zero-order chi connectivity index (χ0) is 14.6. The van der Waals surface area contributed by atoms with Crippen molar-refractivity contribution >= 4 is 44.8 Å². The summed E-state index contributed by atoms with van der Waals surface area (Å²) in [6, 6.07) is 4.16. The van der Waals surface area contributed by atoms with Crippen molar-refractivity contribution in [3.63, 3.8) is 0 Å². The third-order valence-corrected chi connectivity index (χ3v) is 4.85. The summed E-state index contributed by atoms with van der Waals surface area (Å²) in [5.74, 6) is 0. The average Bonchev–Trinajstić information content (AvgIpc) is 2.27. The Labute approximate surface area is 128 Å². The minimum Gasteiger partial charge on any atom is -0.383 e. The van der Waals surface area contributed by atoms with Crippen LogP contribution in [0, 0.1) is 0 Å². The monoisotopic (exact) mass is 345 g/mol. The van der Waals surface area contributed by atoms with Gasteiger partial charge in [-0.2, -0.15) is 4.31 Å². The van der Waals surface area contributed by atoms with E-state index in [0.717, 1.165) is 4.31 Å². The van der Waals surface area contributed by atoms with Crippen molar-refractivity contribution in [1.82, 2.24) is 4.31 Å². The first-order valence-corrected chi connectivity index (χ1v) is 7.96. The van der Waals surface area contributed by atoms with Crippen LogP contribution in [0.15, 0.2) is 23.1 Å². The molecule has 0 saturated heterocycles. The lowest BCUT2D eigenvalue weighted by Crippen LogP contribution is -2.34. The normalized spacial score (nSPS) is 13.8. The van der Waals surface area contributed by atoms with Crippen LogP contribution < -0.4 is 0 Å². The first-order valence-electron chi connectivity index (χ1n) is 5.33. The van der Waals surface area contributed by atoms with E-state index in [2.05, 4.69) is 0 Å². The predicted octanol–water partition coefficient (Wildman–Crippen LogP) is 2.87. The lowest BCUT2D eigenvalue weighted by atomic mass is 10.4. The first-order chi connectivity index (χ1) is 8.77. The van der Waals surface area contributed by atoms with E-state index >= 15 is 0 Å². The quantitative estimate of drug-likeness (QED) is 0.744. The number of benzene rings is 1. The Balaban J connectivity index is 2.96. The van der Waals surface area contributed by atoms with Crippen LogP contribution in [0.4, 0.5) is 0 Å². The van der Waals surface area contributed by atoms with Crippen LogP contribution in [-0.4, -0.2) is 45.4 Å². The van der Waals surface area contributed by atoms with Crippen molar-refractivity contribution in [2.75, 3.05) is 27.3 Å². The molecule has 1 unspecified atom stereocenters. The molecule has 0 bridgehead atoms. The minimum absolute atomic E-state index is 0.0359. The number of hydrogen-bond donors (Lipinski definition) is 0. The molecule has 0 saturated carbocycles. The molecule has 4 nitrogen and oxygen atoms in total. The van der Waals surface area contributed by atoms with E-state index in [4.69, 9.17) is 39.5 Å². The van der Waals surface area contributed by atoms with E-state index in [1.165, 1.54) is 32.4 Å². The summed E-state index contributed by atoms with van der Waals surface area (Å²) >= 11 is 17.6. The molecule has 0 heterocycles. The summed E-state index contributed by atoms with van der Waals surface area (Å²) in [5, 5.41) is 0.0945. The van der Waals surface area contributed by atoms with Gasteiger partial charge in [0.15, 0.2) is 0 Å². The molecule has 0 aliphatic rings. The Hall–Kier alpha value is -0.0400. The zero-order valence-corrected chi connectivity index (χ0v) is 13.5. The highest BCUT2D eigenvalue weighted by Crippen LogP contribution is 2.24. The van der Waals surface area contributed by atoms with Crippen LogP contribution in [0.3, 0.4) is 0 Å². The van der Waals surface area contributed by atoms with E-state index in [0.29, 0.717) is 0 Å². The Morgan fingerprint density at radius 3 is 2.26 bits per heavy atom. The fourth-order valence-corrected chi connectivity index (χ4v) is 3.83. The van der Waals surface area contributed by atoms with Crippen LogP contribution in [0.1, 0.15) is 0 Å². The van der Waals surface area contributed by atoms with Gasteiger partial charge in [-0.1, -0.05) is 23.2 Å².